The summed E-state index contributed by atoms with van der Waals surface area (Å²) >= 11 is 2.32. The number of halogens is 7. The Morgan fingerprint density at radius 1 is 1.30 bits per heavy atom. The first kappa shape index (κ1) is 16.5. The Labute approximate surface area is 115 Å². The molecule has 112 valence electrons. The van der Waals surface area contributed by atoms with Gasteiger partial charge in [0.15, 0.2) is 5.69 Å². The van der Waals surface area contributed by atoms with Crippen molar-refractivity contribution in [2.45, 2.75) is 19.0 Å². The number of carboxylic acid groups (broad SMARTS) is 1. The molecule has 1 aromatic heterocycles. The number of nitrogens with zero attached hydrogens (tertiary/aromatic N) is 1. The number of alkyl halides is 6. The van der Waals surface area contributed by atoms with Crippen LogP contribution in [0.4, 0.5) is 26.3 Å². The maximum atomic E-state index is 12.6. The summed E-state index contributed by atoms with van der Waals surface area (Å²) < 4.78 is 76.4. The molecule has 0 aromatic carbocycles. The van der Waals surface area contributed by atoms with E-state index in [1.54, 1.807) is 0 Å². The van der Waals surface area contributed by atoms with Crippen molar-refractivity contribution in [1.82, 2.24) is 4.98 Å². The van der Waals surface area contributed by atoms with Crippen molar-refractivity contribution < 1.29 is 41.0 Å². The standard InChI is InChI=1S/C9H4BrF6NO3/c10-6-4(20-9(14,15)16)1-3(2-5(18)19)17-7(6)8(11,12)13/h1H,2H2,(H,18,19). The molecule has 20 heavy (non-hydrogen) atoms. The van der Waals surface area contributed by atoms with E-state index in [0.29, 0.717) is 6.07 Å². The van der Waals surface area contributed by atoms with Crippen LogP contribution < -0.4 is 4.74 Å². The first-order valence-electron chi connectivity index (χ1n) is 4.64. The lowest BCUT2D eigenvalue weighted by molar-refractivity contribution is -0.275. The Hall–Kier alpha value is -1.52. The van der Waals surface area contributed by atoms with Crippen LogP contribution in [0.3, 0.4) is 0 Å². The first-order valence-corrected chi connectivity index (χ1v) is 5.43. The molecular weight excluding hydrogens is 364 g/mol. The number of carboxylic acids is 1. The second kappa shape index (κ2) is 5.46. The summed E-state index contributed by atoms with van der Waals surface area (Å²) in [4.78, 5) is 13.4. The van der Waals surface area contributed by atoms with E-state index in [4.69, 9.17) is 5.11 Å². The number of aromatic nitrogens is 1. The fourth-order valence-corrected chi connectivity index (χ4v) is 1.70. The predicted octanol–water partition coefficient (Wildman–Crippen LogP) is 3.39. The quantitative estimate of drug-likeness (QED) is 0.832. The molecule has 0 aliphatic rings. The third-order valence-corrected chi connectivity index (χ3v) is 2.57. The summed E-state index contributed by atoms with van der Waals surface area (Å²) in [5.74, 6) is -2.76. The number of hydrogen-bond donors (Lipinski definition) is 1. The zero-order chi connectivity index (χ0) is 15.7. The van der Waals surface area contributed by atoms with Gasteiger partial charge in [-0.05, 0) is 15.9 Å². The fraction of sp³-hybridized carbons (Fsp3) is 0.333. The van der Waals surface area contributed by atoms with E-state index in [0.717, 1.165) is 0 Å². The van der Waals surface area contributed by atoms with Gasteiger partial charge in [-0.15, -0.1) is 13.2 Å². The molecule has 1 N–H and O–H groups in total. The van der Waals surface area contributed by atoms with Gasteiger partial charge in [-0.2, -0.15) is 13.2 Å². The van der Waals surface area contributed by atoms with Gasteiger partial charge < -0.3 is 9.84 Å². The summed E-state index contributed by atoms with van der Waals surface area (Å²) in [6, 6.07) is 0.473. The van der Waals surface area contributed by atoms with Crippen molar-refractivity contribution in [2.24, 2.45) is 0 Å². The van der Waals surface area contributed by atoms with Crippen molar-refractivity contribution in [2.75, 3.05) is 0 Å². The normalized spacial score (nSPS) is 12.3. The Morgan fingerprint density at radius 2 is 1.85 bits per heavy atom. The molecule has 1 rings (SSSR count). The van der Waals surface area contributed by atoms with Crippen LogP contribution in [-0.4, -0.2) is 22.4 Å². The molecule has 0 spiro atoms. The first-order chi connectivity index (χ1) is 8.90. The second-order valence-electron chi connectivity index (χ2n) is 3.39. The molecule has 1 aromatic rings. The molecule has 1 heterocycles. The molecule has 0 amide bonds. The molecule has 0 bridgehead atoms. The maximum absolute atomic E-state index is 12.6. The molecule has 0 saturated heterocycles. The number of pyridine rings is 1. The number of rotatable bonds is 3. The van der Waals surface area contributed by atoms with Crippen molar-refractivity contribution in [3.8, 4) is 5.75 Å². The average molecular weight is 368 g/mol. The van der Waals surface area contributed by atoms with Crippen LogP contribution in [0.25, 0.3) is 0 Å². The lowest BCUT2D eigenvalue weighted by atomic mass is 10.2. The molecule has 0 unspecified atom stereocenters. The van der Waals surface area contributed by atoms with Crippen molar-refractivity contribution in [1.29, 1.82) is 0 Å². The Kier molecular flexibility index (Phi) is 4.52. The van der Waals surface area contributed by atoms with E-state index in [1.165, 1.54) is 0 Å². The van der Waals surface area contributed by atoms with Gasteiger partial charge in [0.25, 0.3) is 0 Å². The molecule has 4 nitrogen and oxygen atoms in total. The zero-order valence-corrected chi connectivity index (χ0v) is 10.7. The van der Waals surface area contributed by atoms with E-state index in [1.807, 2.05) is 0 Å². The highest BCUT2D eigenvalue weighted by Crippen LogP contribution is 2.40. The summed E-state index contributed by atoms with van der Waals surface area (Å²) in [6.45, 7) is 0. The van der Waals surface area contributed by atoms with E-state index in [2.05, 4.69) is 25.7 Å². The SMILES string of the molecule is O=C(O)Cc1cc(OC(F)(F)F)c(Br)c(C(F)(F)F)n1. The summed E-state index contributed by atoms with van der Waals surface area (Å²) in [5, 5.41) is 8.46. The Balaban J connectivity index is 3.38. The molecule has 0 aliphatic heterocycles. The van der Waals surface area contributed by atoms with Crippen molar-refractivity contribution >= 4 is 21.9 Å². The molecular formula is C9H4BrF6NO3. The second-order valence-corrected chi connectivity index (χ2v) is 4.18. The van der Waals surface area contributed by atoms with Crippen LogP contribution >= 0.6 is 15.9 Å². The van der Waals surface area contributed by atoms with Crippen LogP contribution in [0.5, 0.6) is 5.75 Å². The highest BCUT2D eigenvalue weighted by molar-refractivity contribution is 9.10. The minimum atomic E-state index is -5.23. The minimum absolute atomic E-state index is 0.473. The van der Waals surface area contributed by atoms with Gasteiger partial charge in [0.1, 0.15) is 5.75 Å². The van der Waals surface area contributed by atoms with Crippen LogP contribution in [0.1, 0.15) is 11.4 Å². The molecule has 11 heteroatoms. The van der Waals surface area contributed by atoms with Crippen molar-refractivity contribution in [3.63, 3.8) is 0 Å². The smallest absolute Gasteiger partial charge is 0.481 e. The van der Waals surface area contributed by atoms with E-state index < -0.39 is 46.5 Å². The number of hydrogen-bond acceptors (Lipinski definition) is 3. The van der Waals surface area contributed by atoms with Crippen LogP contribution in [0.15, 0.2) is 10.5 Å². The van der Waals surface area contributed by atoms with Gasteiger partial charge in [0.05, 0.1) is 16.6 Å². The predicted molar refractivity (Wildman–Crippen MR) is 55.0 cm³/mol. The molecule has 0 radical (unpaired) electrons. The lowest BCUT2D eigenvalue weighted by Gasteiger charge is -2.15. The van der Waals surface area contributed by atoms with Crippen molar-refractivity contribution in [3.05, 3.63) is 21.9 Å². The monoisotopic (exact) mass is 367 g/mol. The van der Waals surface area contributed by atoms with Gasteiger partial charge in [-0.1, -0.05) is 0 Å². The van der Waals surface area contributed by atoms with Crippen LogP contribution in [0, 0.1) is 0 Å². The van der Waals surface area contributed by atoms with E-state index in [-0.39, 0.29) is 0 Å². The lowest BCUT2D eigenvalue weighted by Crippen LogP contribution is -2.20. The largest absolute Gasteiger partial charge is 0.573 e. The maximum Gasteiger partial charge on any atom is 0.573 e. The van der Waals surface area contributed by atoms with Gasteiger partial charge >= 0.3 is 18.5 Å². The Morgan fingerprint density at radius 3 is 2.25 bits per heavy atom. The highest BCUT2D eigenvalue weighted by atomic mass is 79.9. The van der Waals surface area contributed by atoms with Gasteiger partial charge in [-0.25, -0.2) is 4.98 Å². The Bertz CT molecular complexity index is 528. The molecule has 0 atom stereocenters. The molecule has 0 aliphatic carbocycles. The minimum Gasteiger partial charge on any atom is -0.481 e. The van der Waals surface area contributed by atoms with E-state index >= 15 is 0 Å². The zero-order valence-electron chi connectivity index (χ0n) is 9.14. The molecule has 0 saturated carbocycles. The van der Waals surface area contributed by atoms with Gasteiger partial charge in [0.2, 0.25) is 0 Å². The third kappa shape index (κ3) is 4.54. The van der Waals surface area contributed by atoms with E-state index in [9.17, 15) is 31.1 Å². The average Bonchev–Trinajstić information content (AvgIpc) is 2.17. The number of carbonyl (C=O) groups is 1. The summed E-state index contributed by atoms with van der Waals surface area (Å²) in [6.07, 6.45) is -11.3. The van der Waals surface area contributed by atoms with Gasteiger partial charge in [0, 0.05) is 6.07 Å². The number of ether oxygens (including phenoxy) is 1. The van der Waals surface area contributed by atoms with Crippen LogP contribution in [-0.2, 0) is 17.4 Å². The summed E-state index contributed by atoms with van der Waals surface area (Å²) in [7, 11) is 0. The van der Waals surface area contributed by atoms with Gasteiger partial charge in [-0.3, -0.25) is 4.79 Å². The molecule has 0 fully saturated rings. The number of aliphatic carboxylic acids is 1. The highest BCUT2D eigenvalue weighted by Gasteiger charge is 2.39. The fourth-order valence-electron chi connectivity index (χ4n) is 1.19. The topological polar surface area (TPSA) is 59.4 Å². The summed E-state index contributed by atoms with van der Waals surface area (Å²) in [5.41, 5.74) is -2.41. The third-order valence-electron chi connectivity index (χ3n) is 1.80. The van der Waals surface area contributed by atoms with Crippen LogP contribution in [0.2, 0.25) is 0 Å².